The molecule has 1 spiro atoms. The van der Waals surface area contributed by atoms with Crippen LogP contribution in [0.15, 0.2) is 54.7 Å². The van der Waals surface area contributed by atoms with E-state index in [2.05, 4.69) is 21.3 Å². The number of likely N-dealkylation sites (tertiary alicyclic amines) is 2. The molecular weight excluding hydrogens is 708 g/mol. The number of benzene rings is 3. The molecule has 3 aromatic carbocycles. The van der Waals surface area contributed by atoms with Gasteiger partial charge < -0.3 is 34.1 Å². The van der Waals surface area contributed by atoms with Crippen LogP contribution >= 0.6 is 23.2 Å². The third-order valence-corrected chi connectivity index (χ3v) is 9.94. The number of fused-ring (bicyclic) bond motifs is 1. The second-order valence-corrected chi connectivity index (χ2v) is 15.2. The summed E-state index contributed by atoms with van der Waals surface area (Å²) in [5.41, 5.74) is 2.16. The van der Waals surface area contributed by atoms with Crippen molar-refractivity contribution in [1.82, 2.24) is 14.8 Å². The summed E-state index contributed by atoms with van der Waals surface area (Å²) in [6.07, 6.45) is 4.21. The molecule has 0 saturated carbocycles. The molecule has 2 saturated heterocycles. The second kappa shape index (κ2) is 15.6. The van der Waals surface area contributed by atoms with Crippen LogP contribution < -0.4 is 19.5 Å². The minimum atomic E-state index is -0.484. The molecule has 2 fully saturated rings. The zero-order valence-electron chi connectivity index (χ0n) is 29.7. The maximum Gasteiger partial charge on any atom is 0.410 e. The molecule has 2 aliphatic heterocycles. The van der Waals surface area contributed by atoms with E-state index in [1.54, 1.807) is 43.5 Å². The number of ether oxygens (including phenoxy) is 4. The minimum Gasteiger partial charge on any atom is -0.493 e. The standard InChI is InChI=1S/C39H42Cl2FN5O5/c1-38(2,3)52-37(48)47-23-39(24-47)9-12-46(13-10-39)11-6-14-50-35-18-31-28(16-34(35)49-4)36(26(20-43)21-44-31)45-32-19-33(30(41)17-29(32)40)51-22-25-7-5-8-27(42)15-25/h5,7-8,15-19,21H,6,9-14,22-24H2,1-4H3,(H,44,45). The van der Waals surface area contributed by atoms with Gasteiger partial charge in [0.1, 0.15) is 29.8 Å². The fourth-order valence-corrected chi connectivity index (χ4v) is 7.09. The van der Waals surface area contributed by atoms with E-state index in [0.29, 0.717) is 62.3 Å². The summed E-state index contributed by atoms with van der Waals surface area (Å²) < 4.78 is 37.0. The number of carbonyl (C=O) groups excluding carboxylic acids is 1. The van der Waals surface area contributed by atoms with Gasteiger partial charge in [0.05, 0.1) is 46.2 Å². The number of aromatic nitrogens is 1. The molecule has 0 aliphatic carbocycles. The number of methoxy groups -OCH3 is 1. The molecule has 0 radical (unpaired) electrons. The fraction of sp³-hybridized carbons (Fsp3) is 0.410. The van der Waals surface area contributed by atoms with E-state index in [1.165, 1.54) is 18.3 Å². The first-order valence-corrected chi connectivity index (χ1v) is 18.0. The lowest BCUT2D eigenvalue weighted by atomic mass is 9.72. The van der Waals surface area contributed by atoms with Gasteiger partial charge in [-0.2, -0.15) is 5.26 Å². The third-order valence-electron chi connectivity index (χ3n) is 9.34. The minimum absolute atomic E-state index is 0.0924. The van der Waals surface area contributed by atoms with E-state index in [0.717, 1.165) is 52.0 Å². The van der Waals surface area contributed by atoms with Gasteiger partial charge in [-0.1, -0.05) is 35.3 Å². The van der Waals surface area contributed by atoms with Crippen molar-refractivity contribution in [2.75, 3.05) is 51.8 Å². The molecule has 13 heteroatoms. The molecule has 0 bridgehead atoms. The van der Waals surface area contributed by atoms with Crippen LogP contribution in [0.4, 0.5) is 20.6 Å². The highest BCUT2D eigenvalue weighted by Crippen LogP contribution is 2.42. The molecular formula is C39H42Cl2FN5O5. The van der Waals surface area contributed by atoms with Crippen LogP contribution in [-0.2, 0) is 11.3 Å². The number of nitrogens with one attached hydrogen (secondary N) is 1. The number of anilines is 2. The highest BCUT2D eigenvalue weighted by molar-refractivity contribution is 6.37. The van der Waals surface area contributed by atoms with Crippen molar-refractivity contribution in [1.29, 1.82) is 5.26 Å². The van der Waals surface area contributed by atoms with Gasteiger partial charge in [0, 0.05) is 48.8 Å². The highest BCUT2D eigenvalue weighted by Gasteiger charge is 2.47. The number of rotatable bonds is 11. The summed E-state index contributed by atoms with van der Waals surface area (Å²) in [5.74, 6) is 1.01. The normalized spacial score (nSPS) is 15.5. The molecule has 1 aromatic heterocycles. The molecule has 3 heterocycles. The van der Waals surface area contributed by atoms with Crippen molar-refractivity contribution < 1.29 is 28.1 Å². The van der Waals surface area contributed by atoms with Crippen LogP contribution in [0, 0.1) is 22.6 Å². The molecule has 4 aromatic rings. The maximum absolute atomic E-state index is 13.7. The van der Waals surface area contributed by atoms with E-state index in [-0.39, 0.29) is 29.0 Å². The average Bonchev–Trinajstić information content (AvgIpc) is 3.09. The number of amides is 1. The maximum atomic E-state index is 13.7. The van der Waals surface area contributed by atoms with E-state index < -0.39 is 5.60 Å². The first-order chi connectivity index (χ1) is 24.8. The van der Waals surface area contributed by atoms with Crippen molar-refractivity contribution in [3.05, 3.63) is 81.7 Å². The van der Waals surface area contributed by atoms with E-state index in [1.807, 2.05) is 25.7 Å². The Morgan fingerprint density at radius 1 is 1.04 bits per heavy atom. The third kappa shape index (κ3) is 8.75. The first-order valence-electron chi connectivity index (χ1n) is 17.2. The molecule has 6 rings (SSSR count). The van der Waals surface area contributed by atoms with Crippen molar-refractivity contribution in [2.24, 2.45) is 5.41 Å². The summed E-state index contributed by atoms with van der Waals surface area (Å²) in [6, 6.07) is 15.1. The lowest BCUT2D eigenvalue weighted by molar-refractivity contribution is -0.0594. The zero-order valence-corrected chi connectivity index (χ0v) is 31.2. The van der Waals surface area contributed by atoms with Gasteiger partial charge in [0.2, 0.25) is 0 Å². The highest BCUT2D eigenvalue weighted by atomic mass is 35.5. The zero-order chi connectivity index (χ0) is 37.0. The Hall–Kier alpha value is -4.50. The van der Waals surface area contributed by atoms with Gasteiger partial charge >= 0.3 is 6.09 Å². The molecule has 0 unspecified atom stereocenters. The van der Waals surface area contributed by atoms with Crippen molar-refractivity contribution in [3.63, 3.8) is 0 Å². The van der Waals surface area contributed by atoms with Crippen LogP contribution in [0.2, 0.25) is 10.0 Å². The summed E-state index contributed by atoms with van der Waals surface area (Å²) in [5, 5.41) is 14.5. The molecule has 1 amide bonds. The Kier molecular flexibility index (Phi) is 11.2. The van der Waals surface area contributed by atoms with Crippen molar-refractivity contribution in [3.8, 4) is 23.3 Å². The number of carbonyl (C=O) groups is 1. The quantitative estimate of drug-likeness (QED) is 0.150. The van der Waals surface area contributed by atoms with Crippen LogP contribution in [0.1, 0.15) is 51.2 Å². The molecule has 10 nitrogen and oxygen atoms in total. The SMILES string of the molecule is COc1cc2c(Nc3cc(OCc4cccc(F)c4)c(Cl)cc3Cl)c(C#N)cnc2cc1OCCCN1CCC2(CC1)CN(C(=O)OC(C)(C)C)C2. The Balaban J connectivity index is 1.08. The van der Waals surface area contributed by atoms with Gasteiger partial charge in [-0.05, 0) is 83.0 Å². The Morgan fingerprint density at radius 2 is 1.81 bits per heavy atom. The van der Waals surface area contributed by atoms with Crippen molar-refractivity contribution in [2.45, 2.75) is 52.2 Å². The number of halogens is 3. The van der Waals surface area contributed by atoms with Gasteiger partial charge in [-0.25, -0.2) is 9.18 Å². The number of nitriles is 1. The number of pyridine rings is 1. The molecule has 52 heavy (non-hydrogen) atoms. The number of hydrogen-bond acceptors (Lipinski definition) is 9. The van der Waals surface area contributed by atoms with Gasteiger partial charge in [-0.15, -0.1) is 0 Å². The van der Waals surface area contributed by atoms with E-state index in [9.17, 15) is 14.4 Å². The first kappa shape index (κ1) is 37.3. The van der Waals surface area contributed by atoms with E-state index in [4.69, 9.17) is 42.1 Å². The Morgan fingerprint density at radius 3 is 2.50 bits per heavy atom. The van der Waals surface area contributed by atoms with Crippen LogP contribution in [0.3, 0.4) is 0 Å². The lowest BCUT2D eigenvalue weighted by Gasteiger charge is -2.53. The molecule has 2 aliphatic rings. The monoisotopic (exact) mass is 749 g/mol. The largest absolute Gasteiger partial charge is 0.493 e. The number of hydrogen-bond donors (Lipinski definition) is 1. The summed E-state index contributed by atoms with van der Waals surface area (Å²) in [7, 11) is 1.56. The van der Waals surface area contributed by atoms with Crippen molar-refractivity contribution >= 4 is 51.6 Å². The molecule has 274 valence electrons. The van der Waals surface area contributed by atoms with E-state index >= 15 is 0 Å². The molecule has 0 atom stereocenters. The Bertz CT molecular complexity index is 1980. The Labute approximate surface area is 313 Å². The average molecular weight is 751 g/mol. The smallest absolute Gasteiger partial charge is 0.410 e. The summed E-state index contributed by atoms with van der Waals surface area (Å²) >= 11 is 13.0. The van der Waals surface area contributed by atoms with Crippen LogP contribution in [0.5, 0.6) is 17.2 Å². The van der Waals surface area contributed by atoms with Gasteiger partial charge in [0.25, 0.3) is 0 Å². The van der Waals surface area contributed by atoms with Crippen LogP contribution in [0.25, 0.3) is 10.9 Å². The fourth-order valence-electron chi connectivity index (χ4n) is 6.61. The summed E-state index contributed by atoms with van der Waals surface area (Å²) in [6.45, 7) is 10.7. The lowest BCUT2D eigenvalue weighted by Crippen LogP contribution is -2.62. The molecule has 1 N–H and O–H groups in total. The number of nitrogens with zero attached hydrogens (tertiary/aromatic N) is 4. The predicted octanol–water partition coefficient (Wildman–Crippen LogP) is 8.99. The van der Waals surface area contributed by atoms with Crippen LogP contribution in [-0.4, -0.2) is 72.9 Å². The number of piperidine rings is 1. The van der Waals surface area contributed by atoms with Gasteiger partial charge in [-0.3, -0.25) is 4.98 Å². The van der Waals surface area contributed by atoms with Gasteiger partial charge in [0.15, 0.2) is 11.5 Å². The topological polar surface area (TPSA) is 109 Å². The second-order valence-electron chi connectivity index (χ2n) is 14.4. The predicted molar refractivity (Wildman–Crippen MR) is 200 cm³/mol. The summed E-state index contributed by atoms with van der Waals surface area (Å²) in [4.78, 5) is 21.2.